The highest BCUT2D eigenvalue weighted by molar-refractivity contribution is 5.73. The van der Waals surface area contributed by atoms with Gasteiger partial charge in [-0.05, 0) is 19.9 Å². The smallest absolute Gasteiger partial charge is 0.322 e. The van der Waals surface area contributed by atoms with Gasteiger partial charge in [0.25, 0.3) is 0 Å². The summed E-state index contributed by atoms with van der Waals surface area (Å²) in [7, 11) is 1.87. The molecule has 0 spiro atoms. The van der Waals surface area contributed by atoms with Crippen molar-refractivity contribution in [3.8, 4) is 0 Å². The number of carbonyl (C=O) groups is 1. The third kappa shape index (κ3) is 4.06. The molecule has 2 fully saturated rings. The van der Waals surface area contributed by atoms with Crippen LogP contribution in [0.1, 0.15) is 49.4 Å². The summed E-state index contributed by atoms with van der Waals surface area (Å²) in [6, 6.07) is -0.425. The van der Waals surface area contributed by atoms with Gasteiger partial charge in [-0.15, -0.1) is 0 Å². The van der Waals surface area contributed by atoms with E-state index in [0.717, 1.165) is 31.0 Å². The molecule has 1 saturated carbocycles. The molecule has 1 aliphatic carbocycles. The van der Waals surface area contributed by atoms with E-state index in [1.165, 1.54) is 32.1 Å². The maximum Gasteiger partial charge on any atom is 0.322 e. The van der Waals surface area contributed by atoms with Crippen molar-refractivity contribution in [3.05, 3.63) is 23.8 Å². The lowest BCUT2D eigenvalue weighted by molar-refractivity contribution is -0.145. The zero-order valence-corrected chi connectivity index (χ0v) is 13.8. The Morgan fingerprint density at radius 2 is 1.91 bits per heavy atom. The van der Waals surface area contributed by atoms with Crippen LogP contribution >= 0.6 is 0 Å². The fourth-order valence-electron chi connectivity index (χ4n) is 3.62. The number of nitrogens with zero attached hydrogens (tertiary/aromatic N) is 4. The standard InChI is InChI=1S/C17H26N4O2/c1-20-7-8-21(12-15(20)17(22)23)11-13-9-18-16(19-10-13)14-5-3-2-4-6-14/h9-10,14-15H,2-8,11-12H2,1H3,(H,22,23)/t15-/m1/s1. The van der Waals surface area contributed by atoms with Gasteiger partial charge in [0.15, 0.2) is 0 Å². The molecule has 0 unspecified atom stereocenters. The van der Waals surface area contributed by atoms with E-state index in [9.17, 15) is 9.90 Å². The minimum absolute atomic E-state index is 0.425. The summed E-state index contributed by atoms with van der Waals surface area (Å²) in [6.07, 6.45) is 10.2. The van der Waals surface area contributed by atoms with E-state index in [1.54, 1.807) is 0 Å². The SMILES string of the molecule is CN1CCN(Cc2cnc(C3CCCCC3)nc2)C[C@@H]1C(=O)O. The average molecular weight is 318 g/mol. The minimum atomic E-state index is -0.749. The minimum Gasteiger partial charge on any atom is -0.480 e. The van der Waals surface area contributed by atoms with Crippen molar-refractivity contribution in [1.29, 1.82) is 0 Å². The van der Waals surface area contributed by atoms with Crippen molar-refractivity contribution in [2.24, 2.45) is 0 Å². The summed E-state index contributed by atoms with van der Waals surface area (Å²) in [6.45, 7) is 2.93. The van der Waals surface area contributed by atoms with Crippen molar-refractivity contribution in [2.75, 3.05) is 26.7 Å². The van der Waals surface area contributed by atoms with Crippen LogP contribution in [0.25, 0.3) is 0 Å². The maximum atomic E-state index is 11.3. The van der Waals surface area contributed by atoms with Gasteiger partial charge in [-0.2, -0.15) is 0 Å². The summed E-state index contributed by atoms with van der Waals surface area (Å²) in [5.41, 5.74) is 1.07. The van der Waals surface area contributed by atoms with Gasteiger partial charge in [0.1, 0.15) is 11.9 Å². The summed E-state index contributed by atoms with van der Waals surface area (Å²) in [5.74, 6) is 0.758. The van der Waals surface area contributed by atoms with Crippen molar-refractivity contribution >= 4 is 5.97 Å². The van der Waals surface area contributed by atoms with Crippen LogP contribution in [0.15, 0.2) is 12.4 Å². The first-order valence-corrected chi connectivity index (χ1v) is 8.59. The third-order valence-electron chi connectivity index (χ3n) is 5.12. The number of carboxylic acids is 1. The molecule has 6 heteroatoms. The van der Waals surface area contributed by atoms with Gasteiger partial charge in [-0.3, -0.25) is 14.6 Å². The van der Waals surface area contributed by atoms with E-state index in [-0.39, 0.29) is 0 Å². The van der Waals surface area contributed by atoms with Crippen LogP contribution in [0.5, 0.6) is 0 Å². The molecule has 1 saturated heterocycles. The van der Waals surface area contributed by atoms with E-state index in [2.05, 4.69) is 14.9 Å². The zero-order chi connectivity index (χ0) is 16.2. The Labute approximate surface area is 137 Å². The predicted octanol–water partition coefficient (Wildman–Crippen LogP) is 1.72. The Kier molecular flexibility index (Phi) is 5.23. The normalized spacial score (nSPS) is 24.7. The van der Waals surface area contributed by atoms with Crippen molar-refractivity contribution in [2.45, 2.75) is 50.6 Å². The fourth-order valence-corrected chi connectivity index (χ4v) is 3.62. The van der Waals surface area contributed by atoms with E-state index in [1.807, 2.05) is 24.3 Å². The lowest BCUT2D eigenvalue weighted by Gasteiger charge is -2.37. The van der Waals surface area contributed by atoms with Crippen LogP contribution in [0, 0.1) is 0 Å². The van der Waals surface area contributed by atoms with Crippen LogP contribution in [-0.4, -0.2) is 63.6 Å². The molecule has 0 radical (unpaired) electrons. The van der Waals surface area contributed by atoms with Gasteiger partial charge in [-0.1, -0.05) is 19.3 Å². The molecule has 23 heavy (non-hydrogen) atoms. The molecule has 1 atom stereocenters. The maximum absolute atomic E-state index is 11.3. The second kappa shape index (κ2) is 7.36. The highest BCUT2D eigenvalue weighted by Gasteiger charge is 2.29. The second-order valence-electron chi connectivity index (χ2n) is 6.85. The highest BCUT2D eigenvalue weighted by Crippen LogP contribution is 2.30. The molecule has 2 aliphatic rings. The average Bonchev–Trinajstić information content (AvgIpc) is 2.58. The summed E-state index contributed by atoms with van der Waals surface area (Å²) in [4.78, 5) is 24.5. The number of carboxylic acid groups (broad SMARTS) is 1. The van der Waals surface area contributed by atoms with E-state index < -0.39 is 12.0 Å². The molecule has 0 aromatic carbocycles. The van der Waals surface area contributed by atoms with Crippen molar-refractivity contribution in [3.63, 3.8) is 0 Å². The quantitative estimate of drug-likeness (QED) is 0.912. The Hall–Kier alpha value is -1.53. The summed E-state index contributed by atoms with van der Waals surface area (Å²) < 4.78 is 0. The van der Waals surface area contributed by atoms with Crippen LogP contribution in [0.2, 0.25) is 0 Å². The molecule has 126 valence electrons. The topological polar surface area (TPSA) is 69.6 Å². The molecular weight excluding hydrogens is 292 g/mol. The predicted molar refractivity (Wildman–Crippen MR) is 87.2 cm³/mol. The largest absolute Gasteiger partial charge is 0.480 e. The second-order valence-corrected chi connectivity index (χ2v) is 6.85. The zero-order valence-electron chi connectivity index (χ0n) is 13.8. The van der Waals surface area contributed by atoms with Gasteiger partial charge >= 0.3 is 5.97 Å². The lowest BCUT2D eigenvalue weighted by Crippen LogP contribution is -2.54. The Balaban J connectivity index is 1.58. The Morgan fingerprint density at radius 1 is 1.22 bits per heavy atom. The van der Waals surface area contributed by atoms with Gasteiger partial charge in [0, 0.05) is 50.1 Å². The molecule has 1 aromatic heterocycles. The van der Waals surface area contributed by atoms with Crippen molar-refractivity contribution < 1.29 is 9.90 Å². The summed E-state index contributed by atoms with van der Waals surface area (Å²) >= 11 is 0. The molecule has 1 aromatic rings. The number of piperazine rings is 1. The lowest BCUT2D eigenvalue weighted by atomic mass is 9.89. The third-order valence-corrected chi connectivity index (χ3v) is 5.12. The molecule has 0 amide bonds. The Bertz CT molecular complexity index is 528. The molecule has 2 heterocycles. The fraction of sp³-hybridized carbons (Fsp3) is 0.706. The van der Waals surface area contributed by atoms with Crippen LogP contribution < -0.4 is 0 Å². The van der Waals surface area contributed by atoms with Crippen LogP contribution in [0.3, 0.4) is 0 Å². The number of aliphatic carboxylic acids is 1. The summed E-state index contributed by atoms with van der Waals surface area (Å²) in [5, 5.41) is 9.28. The van der Waals surface area contributed by atoms with Crippen molar-refractivity contribution in [1.82, 2.24) is 19.8 Å². The van der Waals surface area contributed by atoms with Gasteiger partial charge in [0.05, 0.1) is 0 Å². The first kappa shape index (κ1) is 16.3. The number of hydrogen-bond acceptors (Lipinski definition) is 5. The molecular formula is C17H26N4O2. The molecule has 1 N–H and O–H groups in total. The van der Waals surface area contributed by atoms with Gasteiger partial charge in [0.2, 0.25) is 0 Å². The van der Waals surface area contributed by atoms with Crippen LogP contribution in [0.4, 0.5) is 0 Å². The molecule has 1 aliphatic heterocycles. The molecule has 0 bridgehead atoms. The number of hydrogen-bond donors (Lipinski definition) is 1. The van der Waals surface area contributed by atoms with Crippen LogP contribution in [-0.2, 0) is 11.3 Å². The van der Waals surface area contributed by atoms with Gasteiger partial charge < -0.3 is 5.11 Å². The number of likely N-dealkylation sites (N-methyl/N-ethyl adjacent to an activating group) is 1. The first-order valence-electron chi connectivity index (χ1n) is 8.59. The highest BCUT2D eigenvalue weighted by atomic mass is 16.4. The molecule has 3 rings (SSSR count). The monoisotopic (exact) mass is 318 g/mol. The number of rotatable bonds is 4. The Morgan fingerprint density at radius 3 is 2.57 bits per heavy atom. The van der Waals surface area contributed by atoms with E-state index >= 15 is 0 Å². The van der Waals surface area contributed by atoms with E-state index in [0.29, 0.717) is 12.5 Å². The van der Waals surface area contributed by atoms with E-state index in [4.69, 9.17) is 0 Å². The van der Waals surface area contributed by atoms with Gasteiger partial charge in [-0.25, -0.2) is 9.97 Å². The number of aromatic nitrogens is 2. The first-order chi connectivity index (χ1) is 11.1. The molecule has 6 nitrogen and oxygen atoms in total.